The fourth-order valence-corrected chi connectivity index (χ4v) is 3.75. The van der Waals surface area contributed by atoms with Gasteiger partial charge in [0.15, 0.2) is 22.4 Å². The number of ether oxygens (including phenoxy) is 1. The molecule has 0 unspecified atom stereocenters. The van der Waals surface area contributed by atoms with Crippen molar-refractivity contribution in [3.63, 3.8) is 0 Å². The first-order chi connectivity index (χ1) is 13.9. The fourth-order valence-electron chi connectivity index (χ4n) is 3.13. The fraction of sp³-hybridized carbons (Fsp3) is 0.278. The molecule has 0 radical (unpaired) electrons. The first-order valence-electron chi connectivity index (χ1n) is 8.71. The minimum Gasteiger partial charge on any atom is -0.477 e. The number of thiazole rings is 1. The van der Waals surface area contributed by atoms with E-state index in [0.29, 0.717) is 5.13 Å². The molecular formula is C18H15FN4O5S. The number of aromatic nitrogens is 3. The Bertz CT molecular complexity index is 1170. The molecule has 0 atom stereocenters. The molecular weight excluding hydrogens is 403 g/mol. The highest BCUT2D eigenvalue weighted by atomic mass is 32.1. The van der Waals surface area contributed by atoms with Crippen LogP contribution in [0.3, 0.4) is 0 Å². The van der Waals surface area contributed by atoms with Crippen LogP contribution in [0, 0.1) is 11.7 Å². The summed E-state index contributed by atoms with van der Waals surface area (Å²) in [6.07, 6.45) is 2.66. The first kappa shape index (κ1) is 19.0. The third-order valence-electron chi connectivity index (χ3n) is 4.57. The molecule has 150 valence electrons. The van der Waals surface area contributed by atoms with E-state index >= 15 is 0 Å². The Balaban J connectivity index is 1.82. The molecule has 0 aromatic carbocycles. The van der Waals surface area contributed by atoms with Crippen molar-refractivity contribution in [1.29, 1.82) is 0 Å². The van der Waals surface area contributed by atoms with Crippen LogP contribution < -0.4 is 10.3 Å². The number of rotatable bonds is 5. The molecule has 1 N–H and O–H groups in total. The van der Waals surface area contributed by atoms with Gasteiger partial charge in [-0.15, -0.1) is 11.3 Å². The van der Waals surface area contributed by atoms with Crippen molar-refractivity contribution in [2.75, 3.05) is 24.6 Å². The Morgan fingerprint density at radius 2 is 2.17 bits per heavy atom. The second-order valence-electron chi connectivity index (χ2n) is 6.38. The molecule has 4 heterocycles. The summed E-state index contributed by atoms with van der Waals surface area (Å²) >= 11 is 1.21. The molecule has 0 bridgehead atoms. The van der Waals surface area contributed by atoms with Crippen molar-refractivity contribution < 1.29 is 23.8 Å². The third-order valence-corrected chi connectivity index (χ3v) is 5.34. The summed E-state index contributed by atoms with van der Waals surface area (Å²) in [4.78, 5) is 45.8. The van der Waals surface area contributed by atoms with Crippen LogP contribution in [-0.4, -0.2) is 51.3 Å². The van der Waals surface area contributed by atoms with Gasteiger partial charge < -0.3 is 14.7 Å². The molecule has 1 fully saturated rings. The van der Waals surface area contributed by atoms with Gasteiger partial charge in [-0.2, -0.15) is 0 Å². The topological polar surface area (TPSA) is 115 Å². The largest absolute Gasteiger partial charge is 0.477 e. The predicted molar refractivity (Wildman–Crippen MR) is 102 cm³/mol. The predicted octanol–water partition coefficient (Wildman–Crippen LogP) is 1.68. The van der Waals surface area contributed by atoms with Gasteiger partial charge in [-0.05, 0) is 13.0 Å². The molecule has 3 aromatic heterocycles. The summed E-state index contributed by atoms with van der Waals surface area (Å²) in [5, 5.41) is 11.2. The highest BCUT2D eigenvalue weighted by Crippen LogP contribution is 2.29. The van der Waals surface area contributed by atoms with Crippen LogP contribution in [0.4, 0.5) is 10.2 Å². The van der Waals surface area contributed by atoms with Crippen LogP contribution in [0.2, 0.25) is 0 Å². The van der Waals surface area contributed by atoms with Crippen molar-refractivity contribution in [3.05, 3.63) is 45.4 Å². The summed E-state index contributed by atoms with van der Waals surface area (Å²) in [6, 6.07) is 0.980. The van der Waals surface area contributed by atoms with E-state index in [2.05, 4.69) is 9.97 Å². The zero-order chi connectivity index (χ0) is 20.7. The van der Waals surface area contributed by atoms with Crippen LogP contribution in [0.1, 0.15) is 17.3 Å². The zero-order valence-corrected chi connectivity index (χ0v) is 16.0. The molecule has 1 aliphatic heterocycles. The number of carboxylic acid groups (broad SMARTS) is 1. The lowest BCUT2D eigenvalue weighted by Crippen LogP contribution is -2.51. The molecule has 0 aliphatic carbocycles. The molecule has 4 rings (SSSR count). The lowest BCUT2D eigenvalue weighted by atomic mass is 10.0. The van der Waals surface area contributed by atoms with Crippen molar-refractivity contribution >= 4 is 40.1 Å². The summed E-state index contributed by atoms with van der Waals surface area (Å²) < 4.78 is 21.0. The minimum atomic E-state index is -1.42. The molecule has 0 amide bonds. The van der Waals surface area contributed by atoms with Gasteiger partial charge in [-0.25, -0.2) is 19.2 Å². The number of carbonyl (C=O) groups excluding carboxylic acids is 1. The second kappa shape index (κ2) is 7.24. The number of pyridine rings is 2. The number of hydrogen-bond acceptors (Lipinski definition) is 8. The quantitative estimate of drug-likeness (QED) is 0.623. The standard InChI is InChI=1S/C18H15FN4O5S/c1-2-28-17(27)9-6-22(7-9)15-12(19)5-10-13(24)11(16(25)26)8-23(14(10)21-15)18-20-3-4-29-18/h3-5,8-9H,2,6-7H2,1H3,(H,25,26). The molecule has 0 saturated carbocycles. The number of carbonyl (C=O) groups is 2. The van der Waals surface area contributed by atoms with E-state index in [9.17, 15) is 23.9 Å². The Labute approximate surface area is 167 Å². The van der Waals surface area contributed by atoms with Gasteiger partial charge in [0.2, 0.25) is 5.43 Å². The Kier molecular flexibility index (Phi) is 4.74. The summed E-state index contributed by atoms with van der Waals surface area (Å²) in [7, 11) is 0. The van der Waals surface area contributed by atoms with Crippen LogP contribution in [0.5, 0.6) is 0 Å². The van der Waals surface area contributed by atoms with Crippen molar-refractivity contribution in [1.82, 2.24) is 14.5 Å². The average molecular weight is 418 g/mol. The normalized spacial score (nSPS) is 14.1. The van der Waals surface area contributed by atoms with E-state index in [1.165, 1.54) is 22.1 Å². The lowest BCUT2D eigenvalue weighted by molar-refractivity contribution is -0.148. The van der Waals surface area contributed by atoms with E-state index in [4.69, 9.17) is 4.74 Å². The maximum absolute atomic E-state index is 14.7. The first-order valence-corrected chi connectivity index (χ1v) is 9.59. The maximum atomic E-state index is 14.7. The van der Waals surface area contributed by atoms with Gasteiger partial charge in [0, 0.05) is 30.9 Å². The smallest absolute Gasteiger partial charge is 0.341 e. The number of halogens is 1. The Hall–Kier alpha value is -3.34. The monoisotopic (exact) mass is 418 g/mol. The highest BCUT2D eigenvalue weighted by molar-refractivity contribution is 7.12. The summed E-state index contributed by atoms with van der Waals surface area (Å²) in [5.74, 6) is -2.94. The lowest BCUT2D eigenvalue weighted by Gasteiger charge is -2.38. The molecule has 9 nitrogen and oxygen atoms in total. The number of aromatic carboxylic acids is 1. The van der Waals surface area contributed by atoms with E-state index in [-0.39, 0.29) is 48.4 Å². The number of esters is 1. The van der Waals surface area contributed by atoms with E-state index < -0.39 is 22.8 Å². The summed E-state index contributed by atoms with van der Waals surface area (Å²) in [5.41, 5.74) is -1.25. The molecule has 11 heteroatoms. The van der Waals surface area contributed by atoms with Crippen molar-refractivity contribution in [2.24, 2.45) is 5.92 Å². The van der Waals surface area contributed by atoms with Gasteiger partial charge >= 0.3 is 11.9 Å². The Morgan fingerprint density at radius 3 is 2.79 bits per heavy atom. The number of hydrogen-bond donors (Lipinski definition) is 1. The third kappa shape index (κ3) is 3.23. The molecule has 1 aliphatic rings. The zero-order valence-electron chi connectivity index (χ0n) is 15.2. The van der Waals surface area contributed by atoms with Gasteiger partial charge in [-0.1, -0.05) is 0 Å². The average Bonchev–Trinajstić information content (AvgIpc) is 3.16. The van der Waals surface area contributed by atoms with E-state index in [0.717, 1.165) is 12.3 Å². The van der Waals surface area contributed by atoms with Crippen LogP contribution in [0.15, 0.2) is 28.6 Å². The van der Waals surface area contributed by atoms with Gasteiger partial charge in [0.1, 0.15) is 5.56 Å². The number of fused-ring (bicyclic) bond motifs is 1. The van der Waals surface area contributed by atoms with Crippen LogP contribution in [0.25, 0.3) is 16.2 Å². The minimum absolute atomic E-state index is 0.0224. The molecule has 29 heavy (non-hydrogen) atoms. The molecule has 3 aromatic rings. The SMILES string of the molecule is CCOC(=O)C1CN(c2nc3c(cc2F)c(=O)c(C(=O)O)cn3-c2nccs2)C1. The number of nitrogens with zero attached hydrogens (tertiary/aromatic N) is 4. The van der Waals surface area contributed by atoms with Gasteiger partial charge in [-0.3, -0.25) is 14.2 Å². The van der Waals surface area contributed by atoms with Crippen molar-refractivity contribution in [2.45, 2.75) is 6.92 Å². The highest BCUT2D eigenvalue weighted by Gasteiger charge is 2.36. The van der Waals surface area contributed by atoms with E-state index in [1.807, 2.05) is 0 Å². The maximum Gasteiger partial charge on any atom is 0.341 e. The molecule has 0 spiro atoms. The van der Waals surface area contributed by atoms with Crippen molar-refractivity contribution in [3.8, 4) is 5.13 Å². The van der Waals surface area contributed by atoms with E-state index in [1.54, 1.807) is 17.2 Å². The van der Waals surface area contributed by atoms with Gasteiger partial charge in [0.25, 0.3) is 0 Å². The number of anilines is 1. The summed E-state index contributed by atoms with van der Waals surface area (Å²) in [6.45, 7) is 2.46. The Morgan fingerprint density at radius 1 is 1.41 bits per heavy atom. The second-order valence-corrected chi connectivity index (χ2v) is 7.25. The van der Waals surface area contributed by atoms with Crippen LogP contribution in [-0.2, 0) is 9.53 Å². The van der Waals surface area contributed by atoms with Gasteiger partial charge in [0.05, 0.1) is 17.9 Å². The number of carboxylic acids is 1. The molecule has 1 saturated heterocycles. The van der Waals surface area contributed by atoms with Crippen LogP contribution >= 0.6 is 11.3 Å².